The van der Waals surface area contributed by atoms with Gasteiger partial charge in [-0.05, 0) is 24.3 Å². The number of fused-ring (bicyclic) bond motifs is 3. The molecule has 0 radical (unpaired) electrons. The van der Waals surface area contributed by atoms with Crippen LogP contribution in [0.1, 0.15) is 0 Å². The van der Waals surface area contributed by atoms with Crippen LogP contribution >= 0.6 is 0 Å². The average Bonchev–Trinajstić information content (AvgIpc) is 2.76. The Morgan fingerprint density at radius 3 is 3.00 bits per heavy atom. The Labute approximate surface area is 86.9 Å². The molecule has 3 heteroatoms. The lowest BCUT2D eigenvalue weighted by Crippen LogP contribution is -1.93. The van der Waals surface area contributed by atoms with E-state index in [9.17, 15) is 0 Å². The zero-order valence-electron chi connectivity index (χ0n) is 8.34. The second-order valence-corrected chi connectivity index (χ2v) is 3.39. The van der Waals surface area contributed by atoms with Gasteiger partial charge in [0.25, 0.3) is 0 Å². The molecule has 0 atom stereocenters. The third kappa shape index (κ3) is 1.09. The summed E-state index contributed by atoms with van der Waals surface area (Å²) in [4.78, 5) is 4.39. The third-order valence-corrected chi connectivity index (χ3v) is 2.55. The molecule has 3 nitrogen and oxygen atoms in total. The summed E-state index contributed by atoms with van der Waals surface area (Å²) in [6.45, 7) is 0. The van der Waals surface area contributed by atoms with E-state index in [1.807, 2.05) is 42.7 Å². The number of aromatic nitrogens is 2. The lowest BCUT2D eigenvalue weighted by Gasteiger charge is -2.06. The molecule has 3 rings (SSSR count). The number of benzene rings is 1. The highest BCUT2D eigenvalue weighted by molar-refractivity contribution is 5.84. The van der Waals surface area contributed by atoms with E-state index in [-0.39, 0.29) is 0 Å². The Kier molecular flexibility index (Phi) is 1.65. The summed E-state index contributed by atoms with van der Waals surface area (Å²) in [6.07, 6.45) is 3.88. The van der Waals surface area contributed by atoms with Crippen molar-refractivity contribution in [1.82, 2.24) is 9.38 Å². The Bertz CT molecular complexity index is 628. The lowest BCUT2D eigenvalue weighted by atomic mass is 10.2. The molecule has 2 aromatic heterocycles. The molecule has 0 amide bonds. The number of rotatable bonds is 1. The van der Waals surface area contributed by atoms with Gasteiger partial charge in [-0.25, -0.2) is 0 Å². The zero-order chi connectivity index (χ0) is 10.3. The molecule has 2 heterocycles. The Morgan fingerprint density at radius 2 is 2.13 bits per heavy atom. The molecule has 0 unspecified atom stereocenters. The van der Waals surface area contributed by atoms with Crippen LogP contribution in [0.15, 0.2) is 42.7 Å². The Hall–Kier alpha value is -2.03. The van der Waals surface area contributed by atoms with E-state index in [2.05, 4.69) is 9.38 Å². The number of hydrogen-bond acceptors (Lipinski definition) is 2. The van der Waals surface area contributed by atoms with Gasteiger partial charge in [-0.1, -0.05) is 6.07 Å². The van der Waals surface area contributed by atoms with Crippen LogP contribution in [0.2, 0.25) is 0 Å². The highest BCUT2D eigenvalue weighted by atomic mass is 16.5. The summed E-state index contributed by atoms with van der Waals surface area (Å²) in [5, 5.41) is 0. The van der Waals surface area contributed by atoms with Gasteiger partial charge < -0.3 is 9.14 Å². The summed E-state index contributed by atoms with van der Waals surface area (Å²) in [6, 6.07) is 9.91. The first kappa shape index (κ1) is 8.29. The predicted molar refractivity (Wildman–Crippen MR) is 59.3 cm³/mol. The van der Waals surface area contributed by atoms with Gasteiger partial charge in [-0.2, -0.15) is 0 Å². The number of hydrogen-bond donors (Lipinski definition) is 0. The Balaban J connectivity index is 2.58. The fourth-order valence-electron chi connectivity index (χ4n) is 1.86. The summed E-state index contributed by atoms with van der Waals surface area (Å²) < 4.78 is 7.43. The van der Waals surface area contributed by atoms with Crippen LogP contribution in [0.4, 0.5) is 0 Å². The van der Waals surface area contributed by atoms with Crippen molar-refractivity contribution >= 4 is 16.6 Å². The zero-order valence-corrected chi connectivity index (χ0v) is 8.34. The minimum absolute atomic E-state index is 0.849. The summed E-state index contributed by atoms with van der Waals surface area (Å²) in [7, 11) is 1.68. The summed E-state index contributed by atoms with van der Waals surface area (Å²) in [5.41, 5.74) is 3.03. The van der Waals surface area contributed by atoms with Gasteiger partial charge >= 0.3 is 0 Å². The first-order valence-corrected chi connectivity index (χ1v) is 4.79. The standard InChI is InChI=1S/C12H10N2O/c1-15-11-6-2-5-10-12(11)14-7-3-4-9(14)8-13-10/h2-8H,1H3. The fourth-order valence-corrected chi connectivity index (χ4v) is 1.86. The van der Waals surface area contributed by atoms with Gasteiger partial charge in [-0.15, -0.1) is 0 Å². The second kappa shape index (κ2) is 2.98. The number of ether oxygens (including phenoxy) is 1. The van der Waals surface area contributed by atoms with Crippen LogP contribution in [-0.2, 0) is 0 Å². The third-order valence-electron chi connectivity index (χ3n) is 2.55. The molecule has 0 aliphatic carbocycles. The monoisotopic (exact) mass is 198 g/mol. The van der Waals surface area contributed by atoms with Gasteiger partial charge in [0.2, 0.25) is 0 Å². The van der Waals surface area contributed by atoms with Crippen molar-refractivity contribution in [3.05, 3.63) is 42.7 Å². The van der Waals surface area contributed by atoms with Crippen molar-refractivity contribution in [2.75, 3.05) is 7.11 Å². The van der Waals surface area contributed by atoms with Gasteiger partial charge in [0.15, 0.2) is 0 Å². The van der Waals surface area contributed by atoms with Crippen molar-refractivity contribution in [1.29, 1.82) is 0 Å². The molecule has 0 saturated heterocycles. The van der Waals surface area contributed by atoms with Gasteiger partial charge in [-0.3, -0.25) is 4.98 Å². The minimum Gasteiger partial charge on any atom is -0.494 e. The molecule has 3 aromatic rings. The fraction of sp³-hybridized carbons (Fsp3) is 0.0833. The SMILES string of the molecule is COc1cccc2ncc3cccn3c12. The van der Waals surface area contributed by atoms with E-state index in [1.165, 1.54) is 0 Å². The maximum atomic E-state index is 5.34. The van der Waals surface area contributed by atoms with Gasteiger partial charge in [0.1, 0.15) is 11.3 Å². The molecule has 0 spiro atoms. The smallest absolute Gasteiger partial charge is 0.145 e. The lowest BCUT2D eigenvalue weighted by molar-refractivity contribution is 0.418. The maximum Gasteiger partial charge on any atom is 0.145 e. The molecular formula is C12H10N2O. The van der Waals surface area contributed by atoms with Gasteiger partial charge in [0, 0.05) is 6.20 Å². The molecule has 0 N–H and O–H groups in total. The number of methoxy groups -OCH3 is 1. The van der Waals surface area contributed by atoms with E-state index in [0.29, 0.717) is 0 Å². The van der Waals surface area contributed by atoms with Crippen molar-refractivity contribution in [3.63, 3.8) is 0 Å². The molecule has 15 heavy (non-hydrogen) atoms. The van der Waals surface area contributed by atoms with Crippen LogP contribution in [0, 0.1) is 0 Å². The van der Waals surface area contributed by atoms with E-state index in [0.717, 1.165) is 22.3 Å². The number of para-hydroxylation sites is 1. The minimum atomic E-state index is 0.849. The van der Waals surface area contributed by atoms with Crippen molar-refractivity contribution in [3.8, 4) is 5.75 Å². The van der Waals surface area contributed by atoms with E-state index >= 15 is 0 Å². The van der Waals surface area contributed by atoms with Crippen LogP contribution in [0.5, 0.6) is 5.75 Å². The summed E-state index contributed by atoms with van der Waals surface area (Å²) >= 11 is 0. The van der Waals surface area contributed by atoms with E-state index in [1.54, 1.807) is 7.11 Å². The maximum absolute atomic E-state index is 5.34. The molecule has 0 fully saturated rings. The summed E-state index contributed by atoms with van der Waals surface area (Å²) in [5.74, 6) is 0.849. The second-order valence-electron chi connectivity index (χ2n) is 3.39. The van der Waals surface area contributed by atoms with Crippen LogP contribution in [-0.4, -0.2) is 16.5 Å². The van der Waals surface area contributed by atoms with Crippen LogP contribution in [0.25, 0.3) is 16.6 Å². The molecule has 0 aliphatic heterocycles. The normalized spacial score (nSPS) is 11.0. The Morgan fingerprint density at radius 1 is 1.20 bits per heavy atom. The van der Waals surface area contributed by atoms with Gasteiger partial charge in [0.05, 0.1) is 24.3 Å². The van der Waals surface area contributed by atoms with Crippen molar-refractivity contribution in [2.45, 2.75) is 0 Å². The highest BCUT2D eigenvalue weighted by Gasteiger charge is 2.05. The molecule has 1 aromatic carbocycles. The van der Waals surface area contributed by atoms with Crippen molar-refractivity contribution in [2.24, 2.45) is 0 Å². The largest absolute Gasteiger partial charge is 0.494 e. The first-order valence-electron chi connectivity index (χ1n) is 4.79. The quantitative estimate of drug-likeness (QED) is 0.600. The molecular weight excluding hydrogens is 188 g/mol. The van der Waals surface area contributed by atoms with Crippen LogP contribution < -0.4 is 4.74 Å². The highest BCUT2D eigenvalue weighted by Crippen LogP contribution is 2.24. The molecule has 74 valence electrons. The van der Waals surface area contributed by atoms with Crippen molar-refractivity contribution < 1.29 is 4.74 Å². The van der Waals surface area contributed by atoms with Crippen LogP contribution in [0.3, 0.4) is 0 Å². The first-order chi connectivity index (χ1) is 7.40. The predicted octanol–water partition coefficient (Wildman–Crippen LogP) is 2.50. The van der Waals surface area contributed by atoms with E-state index < -0.39 is 0 Å². The molecule has 0 aliphatic rings. The molecule has 0 bridgehead atoms. The average molecular weight is 198 g/mol. The number of nitrogens with zero attached hydrogens (tertiary/aromatic N) is 2. The molecule has 0 saturated carbocycles. The van der Waals surface area contributed by atoms with E-state index in [4.69, 9.17) is 4.74 Å². The topological polar surface area (TPSA) is 26.5 Å².